The molecule has 1 aromatic carbocycles. The van der Waals surface area contributed by atoms with Crippen LogP contribution in [-0.2, 0) is 6.54 Å². The van der Waals surface area contributed by atoms with E-state index in [1.165, 1.54) is 0 Å². The third-order valence-electron chi connectivity index (χ3n) is 3.19. The van der Waals surface area contributed by atoms with Crippen molar-refractivity contribution < 1.29 is 9.21 Å². The summed E-state index contributed by atoms with van der Waals surface area (Å²) in [7, 11) is 0. The molecule has 0 atom stereocenters. The number of carbonyl (C=O) groups excluding carboxylic acids is 1. The lowest BCUT2D eigenvalue weighted by Gasteiger charge is -2.21. The minimum absolute atomic E-state index is 0.333. The van der Waals surface area contributed by atoms with Crippen molar-refractivity contribution in [2.45, 2.75) is 20.4 Å². The van der Waals surface area contributed by atoms with E-state index in [-0.39, 0.29) is 5.91 Å². The highest BCUT2D eigenvalue weighted by Gasteiger charge is 2.15. The topological polar surface area (TPSA) is 71.5 Å². The highest BCUT2D eigenvalue weighted by Crippen LogP contribution is 2.20. The zero-order valence-corrected chi connectivity index (χ0v) is 11.7. The number of nitrogens with zero attached hydrogens (tertiary/aromatic N) is 1. The van der Waals surface area contributed by atoms with Gasteiger partial charge in [-0.15, -0.1) is 0 Å². The van der Waals surface area contributed by atoms with Gasteiger partial charge in [0.15, 0.2) is 0 Å². The van der Waals surface area contributed by atoms with Crippen LogP contribution >= 0.6 is 0 Å². The minimum Gasteiger partial charge on any atom is -0.464 e. The van der Waals surface area contributed by atoms with Gasteiger partial charge in [0.05, 0.1) is 12.1 Å². The second-order valence-electron chi connectivity index (χ2n) is 4.51. The molecule has 5 nitrogen and oxygen atoms in total. The van der Waals surface area contributed by atoms with Crippen molar-refractivity contribution in [2.24, 2.45) is 5.84 Å². The Hall–Kier alpha value is -2.27. The molecule has 0 spiro atoms. The summed E-state index contributed by atoms with van der Waals surface area (Å²) in [5.41, 5.74) is 3.72. The van der Waals surface area contributed by atoms with Gasteiger partial charge in [0.2, 0.25) is 0 Å². The largest absolute Gasteiger partial charge is 0.464 e. The van der Waals surface area contributed by atoms with Crippen molar-refractivity contribution in [3.8, 4) is 0 Å². The van der Waals surface area contributed by atoms with Crippen LogP contribution in [0, 0.1) is 6.92 Å². The zero-order valence-electron chi connectivity index (χ0n) is 11.7. The van der Waals surface area contributed by atoms with Gasteiger partial charge in [-0.25, -0.2) is 5.84 Å². The molecule has 1 amide bonds. The van der Waals surface area contributed by atoms with Gasteiger partial charge in [-0.3, -0.25) is 10.2 Å². The van der Waals surface area contributed by atoms with E-state index in [2.05, 4.69) is 17.2 Å². The summed E-state index contributed by atoms with van der Waals surface area (Å²) in [6.07, 6.45) is 0. The van der Waals surface area contributed by atoms with Crippen LogP contribution in [0.5, 0.6) is 0 Å². The molecule has 0 bridgehead atoms. The molecule has 0 unspecified atom stereocenters. The highest BCUT2D eigenvalue weighted by molar-refractivity contribution is 5.94. The fourth-order valence-corrected chi connectivity index (χ4v) is 2.14. The first-order chi connectivity index (χ1) is 9.65. The smallest absolute Gasteiger partial charge is 0.268 e. The summed E-state index contributed by atoms with van der Waals surface area (Å²) in [6, 6.07) is 11.8. The second kappa shape index (κ2) is 6.25. The van der Waals surface area contributed by atoms with Crippen molar-refractivity contribution in [3.63, 3.8) is 0 Å². The van der Waals surface area contributed by atoms with Crippen molar-refractivity contribution in [1.29, 1.82) is 0 Å². The van der Waals surface area contributed by atoms with Crippen molar-refractivity contribution >= 4 is 11.6 Å². The Balaban J connectivity index is 2.18. The number of para-hydroxylation sites is 1. The van der Waals surface area contributed by atoms with Crippen LogP contribution in [0.4, 0.5) is 5.69 Å². The number of anilines is 1. The van der Waals surface area contributed by atoms with E-state index in [1.807, 2.05) is 30.3 Å². The summed E-state index contributed by atoms with van der Waals surface area (Å²) in [5.74, 6) is 6.13. The lowest BCUT2D eigenvalue weighted by Crippen LogP contribution is -2.30. The lowest BCUT2D eigenvalue weighted by atomic mass is 10.2. The van der Waals surface area contributed by atoms with E-state index >= 15 is 0 Å². The van der Waals surface area contributed by atoms with E-state index in [1.54, 1.807) is 13.0 Å². The number of hydrogen-bond donors (Lipinski definition) is 2. The van der Waals surface area contributed by atoms with E-state index in [9.17, 15) is 4.79 Å². The van der Waals surface area contributed by atoms with E-state index in [0.29, 0.717) is 17.9 Å². The van der Waals surface area contributed by atoms with Gasteiger partial charge in [-0.05, 0) is 32.0 Å². The average molecular weight is 273 g/mol. The molecule has 0 aliphatic carbocycles. The molecular weight excluding hydrogens is 254 g/mol. The summed E-state index contributed by atoms with van der Waals surface area (Å²) in [6.45, 7) is 5.30. The molecule has 0 saturated carbocycles. The van der Waals surface area contributed by atoms with Crippen LogP contribution in [0.15, 0.2) is 40.8 Å². The van der Waals surface area contributed by atoms with Crippen molar-refractivity contribution in [3.05, 3.63) is 53.5 Å². The van der Waals surface area contributed by atoms with Gasteiger partial charge in [-0.2, -0.15) is 0 Å². The normalized spacial score (nSPS) is 10.3. The number of benzene rings is 1. The molecule has 106 valence electrons. The van der Waals surface area contributed by atoms with Gasteiger partial charge in [0.25, 0.3) is 5.91 Å². The van der Waals surface area contributed by atoms with Gasteiger partial charge >= 0.3 is 0 Å². The monoisotopic (exact) mass is 273 g/mol. The molecule has 20 heavy (non-hydrogen) atoms. The Labute approximate surface area is 118 Å². The second-order valence-corrected chi connectivity index (χ2v) is 4.51. The maximum atomic E-state index is 11.6. The first-order valence-corrected chi connectivity index (χ1v) is 6.56. The fourth-order valence-electron chi connectivity index (χ4n) is 2.14. The fraction of sp³-hybridized carbons (Fsp3) is 0.267. The molecule has 0 fully saturated rings. The molecule has 2 rings (SSSR count). The predicted molar refractivity (Wildman–Crippen MR) is 78.3 cm³/mol. The molecule has 0 saturated heterocycles. The number of nitrogen functional groups attached to an aromatic ring is 1. The van der Waals surface area contributed by atoms with Crippen LogP contribution in [0.3, 0.4) is 0 Å². The van der Waals surface area contributed by atoms with Crippen LogP contribution < -0.4 is 16.2 Å². The SMILES string of the molecule is CCN(Cc1cc(C(=O)NN)c(C)o1)c1ccccc1. The minimum atomic E-state index is -0.333. The van der Waals surface area contributed by atoms with Crippen molar-refractivity contribution in [2.75, 3.05) is 11.4 Å². The number of furan rings is 1. The molecule has 0 aliphatic rings. The Bertz CT molecular complexity index is 578. The predicted octanol–water partition coefficient (Wildman–Crippen LogP) is 2.22. The standard InChI is InChI=1S/C15H19N3O2/c1-3-18(12-7-5-4-6-8-12)10-13-9-14(11(2)20-13)15(19)17-16/h4-9H,3,10,16H2,1-2H3,(H,17,19). The van der Waals surface area contributed by atoms with Gasteiger partial charge in [0, 0.05) is 12.2 Å². The molecule has 0 radical (unpaired) electrons. The number of nitrogens with one attached hydrogen (secondary N) is 1. The molecular formula is C15H19N3O2. The quantitative estimate of drug-likeness (QED) is 0.498. The number of amides is 1. The molecule has 3 N–H and O–H groups in total. The maximum Gasteiger partial charge on any atom is 0.268 e. The number of nitrogens with two attached hydrogens (primary N) is 1. The van der Waals surface area contributed by atoms with Gasteiger partial charge < -0.3 is 9.32 Å². The molecule has 2 aromatic rings. The van der Waals surface area contributed by atoms with E-state index < -0.39 is 0 Å². The number of rotatable bonds is 5. The summed E-state index contributed by atoms with van der Waals surface area (Å²) < 4.78 is 5.63. The Kier molecular flexibility index (Phi) is 4.42. The molecule has 0 aliphatic heterocycles. The number of hydrazine groups is 1. The van der Waals surface area contributed by atoms with Crippen molar-refractivity contribution in [1.82, 2.24) is 5.43 Å². The van der Waals surface area contributed by atoms with Crippen LogP contribution in [-0.4, -0.2) is 12.5 Å². The van der Waals surface area contributed by atoms with Gasteiger partial charge in [-0.1, -0.05) is 18.2 Å². The van der Waals surface area contributed by atoms with Crippen LogP contribution in [0.2, 0.25) is 0 Å². The Morgan fingerprint density at radius 1 is 1.35 bits per heavy atom. The third-order valence-corrected chi connectivity index (χ3v) is 3.19. The zero-order chi connectivity index (χ0) is 14.5. The molecule has 5 heteroatoms. The first kappa shape index (κ1) is 14.1. The number of carbonyl (C=O) groups is 1. The lowest BCUT2D eigenvalue weighted by molar-refractivity contribution is 0.0952. The Morgan fingerprint density at radius 3 is 2.65 bits per heavy atom. The van der Waals surface area contributed by atoms with Crippen LogP contribution in [0.25, 0.3) is 0 Å². The Morgan fingerprint density at radius 2 is 2.05 bits per heavy atom. The summed E-state index contributed by atoms with van der Waals surface area (Å²) in [5, 5.41) is 0. The van der Waals surface area contributed by atoms with E-state index in [4.69, 9.17) is 10.3 Å². The number of hydrogen-bond acceptors (Lipinski definition) is 4. The summed E-state index contributed by atoms with van der Waals surface area (Å²) in [4.78, 5) is 13.7. The number of aryl methyl sites for hydroxylation is 1. The molecule has 1 heterocycles. The summed E-state index contributed by atoms with van der Waals surface area (Å²) >= 11 is 0. The maximum absolute atomic E-state index is 11.6. The van der Waals surface area contributed by atoms with Crippen LogP contribution in [0.1, 0.15) is 28.8 Å². The van der Waals surface area contributed by atoms with E-state index in [0.717, 1.165) is 18.0 Å². The average Bonchev–Trinajstić information content (AvgIpc) is 2.85. The first-order valence-electron chi connectivity index (χ1n) is 6.56. The van der Waals surface area contributed by atoms with Gasteiger partial charge in [0.1, 0.15) is 11.5 Å². The molecule has 1 aromatic heterocycles. The highest BCUT2D eigenvalue weighted by atomic mass is 16.3. The third kappa shape index (κ3) is 3.00.